The normalized spacial score (nSPS) is 14.6. The van der Waals surface area contributed by atoms with Crippen molar-refractivity contribution in [3.8, 4) is 28.6 Å². The van der Waals surface area contributed by atoms with Gasteiger partial charge in [0.25, 0.3) is 5.88 Å². The second-order valence-electron chi connectivity index (χ2n) is 11.2. The first kappa shape index (κ1) is 33.9. The highest BCUT2D eigenvalue weighted by molar-refractivity contribution is 7.92. The summed E-state index contributed by atoms with van der Waals surface area (Å²) >= 11 is 0. The van der Waals surface area contributed by atoms with Gasteiger partial charge in [-0.1, -0.05) is 35.5 Å². The van der Waals surface area contributed by atoms with Gasteiger partial charge < -0.3 is 19.7 Å². The lowest BCUT2D eigenvalue weighted by molar-refractivity contribution is 0.0569. The average molecular weight is 673 g/mol. The molecule has 2 amide bonds. The largest absolute Gasteiger partial charge is 0.443 e. The van der Waals surface area contributed by atoms with Crippen LogP contribution in [0.1, 0.15) is 46.7 Å². The molecule has 0 saturated carbocycles. The number of hydrogen-bond acceptors (Lipinski definition) is 12. The van der Waals surface area contributed by atoms with Crippen LogP contribution in [0.25, 0.3) is 28.3 Å². The van der Waals surface area contributed by atoms with E-state index in [1.807, 2.05) is 0 Å². The summed E-state index contributed by atoms with van der Waals surface area (Å²) in [6, 6.07) is 7.65. The molecule has 0 fully saturated rings. The van der Waals surface area contributed by atoms with Crippen molar-refractivity contribution in [2.75, 3.05) is 0 Å². The van der Waals surface area contributed by atoms with Crippen molar-refractivity contribution < 1.29 is 40.4 Å². The van der Waals surface area contributed by atoms with Gasteiger partial charge in [0.05, 0.1) is 22.0 Å². The molecule has 0 saturated heterocycles. The van der Waals surface area contributed by atoms with E-state index in [0.29, 0.717) is 34.5 Å². The molecule has 15 nitrogen and oxygen atoms in total. The first-order valence-electron chi connectivity index (χ1n) is 13.7. The van der Waals surface area contributed by atoms with Crippen molar-refractivity contribution in [1.29, 1.82) is 0 Å². The number of rotatable bonds is 9. The lowest BCUT2D eigenvalue weighted by Crippen LogP contribution is -2.41. The number of hydrogen-bond donors (Lipinski definition) is 3. The number of carbonyl (C=O) groups excluding carboxylic acids is 2. The van der Waals surface area contributed by atoms with E-state index in [1.54, 1.807) is 69.7 Å². The Morgan fingerprint density at radius 1 is 1.07 bits per heavy atom. The molecule has 0 unspecified atom stereocenters. The number of primary amides is 1. The lowest BCUT2D eigenvalue weighted by Gasteiger charge is -2.19. The number of nitrogens with zero attached hydrogens (tertiary/aromatic N) is 3. The number of ether oxygens (including phenoxy) is 2. The standard InChI is InChI=1S/C29H32N6O9S2/c1-17(2)45(38,39)21-12-10-20(11-13-21)23-16-31-26(42-27(30)36)25(33-23)24-14-22(34-44-24)19-8-6-18(7-9-19)15-32-46(40,41)35-28(37)43-29(3,4)5/h6,8-17,32H,7H2,1-5H3,(H2,30,36)(H,35,37). The molecule has 0 aliphatic heterocycles. The van der Waals surface area contributed by atoms with Crippen molar-refractivity contribution in [3.63, 3.8) is 0 Å². The van der Waals surface area contributed by atoms with Crippen LogP contribution in [0, 0.1) is 0 Å². The number of nitrogens with two attached hydrogens (primary N) is 1. The Morgan fingerprint density at radius 2 is 1.76 bits per heavy atom. The van der Waals surface area contributed by atoms with Crippen molar-refractivity contribution in [2.24, 2.45) is 5.73 Å². The van der Waals surface area contributed by atoms with Gasteiger partial charge in [0.15, 0.2) is 21.3 Å². The van der Waals surface area contributed by atoms with E-state index in [-0.39, 0.29) is 22.2 Å². The van der Waals surface area contributed by atoms with Crippen LogP contribution in [0.15, 0.2) is 75.9 Å². The average Bonchev–Trinajstić information content (AvgIpc) is 3.45. The predicted octanol–water partition coefficient (Wildman–Crippen LogP) is 4.02. The zero-order chi connectivity index (χ0) is 33.9. The quantitative estimate of drug-likeness (QED) is 0.293. The fraction of sp³-hybridized carbons (Fsp3) is 0.276. The van der Waals surface area contributed by atoms with Crippen LogP contribution in [0.5, 0.6) is 5.88 Å². The minimum Gasteiger partial charge on any atom is -0.443 e. The molecule has 1 aliphatic carbocycles. The van der Waals surface area contributed by atoms with Gasteiger partial charge >= 0.3 is 22.4 Å². The van der Waals surface area contributed by atoms with E-state index in [9.17, 15) is 26.4 Å². The summed E-state index contributed by atoms with van der Waals surface area (Å²) in [7, 11) is -7.69. The maximum atomic E-state index is 12.5. The topological polar surface area (TPSA) is 223 Å². The molecule has 1 aromatic carbocycles. The van der Waals surface area contributed by atoms with E-state index >= 15 is 0 Å². The van der Waals surface area contributed by atoms with Crippen LogP contribution < -0.4 is 19.9 Å². The van der Waals surface area contributed by atoms with E-state index in [1.165, 1.54) is 30.6 Å². The number of benzene rings is 1. The highest BCUT2D eigenvalue weighted by Crippen LogP contribution is 2.33. The van der Waals surface area contributed by atoms with Crippen molar-refractivity contribution in [3.05, 3.63) is 72.2 Å². The molecule has 0 atom stereocenters. The third kappa shape index (κ3) is 8.57. The first-order valence-corrected chi connectivity index (χ1v) is 16.7. The van der Waals surface area contributed by atoms with Gasteiger partial charge in [-0.25, -0.2) is 32.7 Å². The molecule has 4 rings (SSSR count). The van der Waals surface area contributed by atoms with Crippen LogP contribution in [0.2, 0.25) is 0 Å². The summed E-state index contributed by atoms with van der Waals surface area (Å²) in [5, 5.41) is 3.48. The highest BCUT2D eigenvalue weighted by Gasteiger charge is 2.23. The number of carbonyl (C=O) groups is 2. The number of nitrogens with one attached hydrogen (secondary N) is 2. The van der Waals surface area contributed by atoms with Crippen LogP contribution in [0.3, 0.4) is 0 Å². The molecule has 17 heteroatoms. The van der Waals surface area contributed by atoms with Gasteiger partial charge in [-0.3, -0.25) is 4.72 Å². The minimum atomic E-state index is -4.21. The third-order valence-electron chi connectivity index (χ3n) is 6.13. The Labute approximate surface area is 265 Å². The molecular formula is C29H32N6O9S2. The highest BCUT2D eigenvalue weighted by atomic mass is 32.2. The maximum absolute atomic E-state index is 12.5. The van der Waals surface area contributed by atoms with E-state index in [0.717, 1.165) is 0 Å². The minimum absolute atomic E-state index is 0.0156. The maximum Gasteiger partial charge on any atom is 0.422 e. The number of amides is 2. The van der Waals surface area contributed by atoms with Crippen LogP contribution >= 0.6 is 0 Å². The second-order valence-corrected chi connectivity index (χ2v) is 15.1. The molecule has 4 N–H and O–H groups in total. The molecule has 46 heavy (non-hydrogen) atoms. The summed E-state index contributed by atoms with van der Waals surface area (Å²) in [6.45, 7) is 8.00. The van der Waals surface area contributed by atoms with Gasteiger partial charge in [-0.2, -0.15) is 8.42 Å². The Kier molecular flexibility index (Phi) is 9.67. The molecule has 0 radical (unpaired) electrons. The fourth-order valence-corrected chi connectivity index (χ4v) is 5.59. The van der Waals surface area contributed by atoms with Gasteiger partial charge in [0.2, 0.25) is 0 Å². The molecule has 2 heterocycles. The van der Waals surface area contributed by atoms with Gasteiger partial charge in [-0.15, -0.1) is 0 Å². The molecule has 0 bridgehead atoms. The van der Waals surface area contributed by atoms with Gasteiger partial charge in [-0.05, 0) is 58.7 Å². The number of allylic oxidation sites excluding steroid dienone is 5. The van der Waals surface area contributed by atoms with E-state index < -0.39 is 43.1 Å². The SMILES string of the molecule is CC(C)S(=O)(=O)c1ccc(-c2cnc(OC(N)=O)c(-c3cc(C4=CCC(=CNS(=O)(=O)NC(=O)OC(C)(C)C)C=C4)no3)n2)cc1. The molecule has 1 aliphatic rings. The lowest BCUT2D eigenvalue weighted by atomic mass is 10.0. The van der Waals surface area contributed by atoms with E-state index in [2.05, 4.69) is 19.8 Å². The van der Waals surface area contributed by atoms with Crippen LogP contribution in [0.4, 0.5) is 9.59 Å². The molecular weight excluding hydrogens is 640 g/mol. The molecule has 0 spiro atoms. The summed E-state index contributed by atoms with van der Waals surface area (Å²) < 4.78 is 68.8. The summed E-state index contributed by atoms with van der Waals surface area (Å²) in [5.41, 5.74) is 6.81. The van der Waals surface area contributed by atoms with Gasteiger partial charge in [0.1, 0.15) is 11.3 Å². The van der Waals surface area contributed by atoms with E-state index in [4.69, 9.17) is 19.7 Å². The van der Waals surface area contributed by atoms with Gasteiger partial charge in [0, 0.05) is 23.4 Å². The third-order valence-corrected chi connectivity index (χ3v) is 9.16. The zero-order valence-electron chi connectivity index (χ0n) is 25.5. The van der Waals surface area contributed by atoms with Crippen molar-refractivity contribution in [2.45, 2.75) is 56.8 Å². The Balaban J connectivity index is 1.53. The number of sulfone groups is 1. The fourth-order valence-electron chi connectivity index (χ4n) is 3.91. The smallest absolute Gasteiger partial charge is 0.422 e. The Bertz CT molecular complexity index is 1960. The van der Waals surface area contributed by atoms with Crippen molar-refractivity contribution in [1.82, 2.24) is 24.6 Å². The summed E-state index contributed by atoms with van der Waals surface area (Å²) in [5.74, 6) is -0.139. The summed E-state index contributed by atoms with van der Waals surface area (Å²) in [6.07, 6.45) is 5.70. The zero-order valence-corrected chi connectivity index (χ0v) is 27.1. The molecule has 3 aromatic rings. The Hall–Kier alpha value is -5.03. The molecule has 244 valence electrons. The van der Waals surface area contributed by atoms with Crippen LogP contribution in [-0.4, -0.2) is 55.0 Å². The Morgan fingerprint density at radius 3 is 2.35 bits per heavy atom. The monoisotopic (exact) mass is 672 g/mol. The first-order chi connectivity index (χ1) is 21.4. The number of aromatic nitrogens is 3. The van der Waals surface area contributed by atoms with Crippen LogP contribution in [-0.2, 0) is 24.8 Å². The molecule has 2 aromatic heterocycles. The second kappa shape index (κ2) is 13.1. The van der Waals surface area contributed by atoms with Crippen molar-refractivity contribution >= 4 is 37.8 Å². The predicted molar refractivity (Wildman–Crippen MR) is 167 cm³/mol. The summed E-state index contributed by atoms with van der Waals surface area (Å²) in [4.78, 5) is 32.2.